The topological polar surface area (TPSA) is 91.3 Å². The molecule has 0 aliphatic carbocycles. The van der Waals surface area contributed by atoms with E-state index < -0.39 is 25.0 Å². The van der Waals surface area contributed by atoms with Gasteiger partial charge in [-0.1, -0.05) is 6.08 Å². The SMILES string of the molecule is C=CCC(=O)C(OC)OC.COC(OC)C(=O)CO. The summed E-state index contributed by atoms with van der Waals surface area (Å²) >= 11 is 0. The van der Waals surface area contributed by atoms with E-state index in [4.69, 9.17) is 14.6 Å². The van der Waals surface area contributed by atoms with Crippen LogP contribution in [0.25, 0.3) is 0 Å². The minimum Gasteiger partial charge on any atom is -0.388 e. The Kier molecular flexibility index (Phi) is 14.2. The summed E-state index contributed by atoms with van der Waals surface area (Å²) in [7, 11) is 5.52. The fourth-order valence-corrected chi connectivity index (χ4v) is 1.03. The molecular formula is C12H22O7. The molecule has 0 saturated carbocycles. The first-order chi connectivity index (χ1) is 9.01. The minimum absolute atomic E-state index is 0.111. The highest BCUT2D eigenvalue weighted by molar-refractivity contribution is 5.83. The number of aliphatic hydroxyl groups excluding tert-OH is 1. The van der Waals surface area contributed by atoms with Crippen LogP contribution in [-0.2, 0) is 28.5 Å². The first-order valence-corrected chi connectivity index (χ1v) is 5.40. The zero-order chi connectivity index (χ0) is 15.3. The number of Topliss-reactive ketones (excluding diaryl/α,β-unsaturated/α-hetero) is 2. The van der Waals surface area contributed by atoms with Crippen LogP contribution >= 0.6 is 0 Å². The summed E-state index contributed by atoms with van der Waals surface area (Å²) in [5.74, 6) is -0.583. The maximum Gasteiger partial charge on any atom is 0.219 e. The zero-order valence-corrected chi connectivity index (χ0v) is 11.8. The summed E-state index contributed by atoms with van der Waals surface area (Å²) in [5, 5.41) is 8.26. The summed E-state index contributed by atoms with van der Waals surface area (Å²) in [5.41, 5.74) is 0. The van der Waals surface area contributed by atoms with Crippen molar-refractivity contribution in [1.29, 1.82) is 0 Å². The van der Waals surface area contributed by atoms with Gasteiger partial charge in [0.2, 0.25) is 18.4 Å². The lowest BCUT2D eigenvalue weighted by Crippen LogP contribution is -2.27. The number of ketones is 2. The molecule has 0 radical (unpaired) electrons. The summed E-state index contributed by atoms with van der Waals surface area (Å²) in [6.45, 7) is 2.87. The maximum absolute atomic E-state index is 10.9. The zero-order valence-electron chi connectivity index (χ0n) is 11.8. The minimum atomic E-state index is -0.921. The highest BCUT2D eigenvalue weighted by Crippen LogP contribution is 1.96. The number of hydrogen-bond donors (Lipinski definition) is 1. The average Bonchev–Trinajstić information content (AvgIpc) is 2.42. The normalized spacial score (nSPS) is 10.1. The van der Waals surface area contributed by atoms with Crippen LogP contribution in [0.3, 0.4) is 0 Å². The molecule has 0 aliphatic heterocycles. The van der Waals surface area contributed by atoms with Crippen molar-refractivity contribution >= 4 is 11.6 Å². The molecule has 0 saturated heterocycles. The molecule has 112 valence electrons. The number of hydrogen-bond acceptors (Lipinski definition) is 7. The van der Waals surface area contributed by atoms with Crippen LogP contribution in [0.2, 0.25) is 0 Å². The van der Waals surface area contributed by atoms with E-state index in [1.807, 2.05) is 0 Å². The number of ether oxygens (including phenoxy) is 4. The summed E-state index contributed by atoms with van der Waals surface area (Å²) in [6.07, 6.45) is 0.146. The van der Waals surface area contributed by atoms with Crippen LogP contribution in [0.5, 0.6) is 0 Å². The molecule has 0 spiro atoms. The monoisotopic (exact) mass is 278 g/mol. The van der Waals surface area contributed by atoms with E-state index in [0.29, 0.717) is 0 Å². The first kappa shape index (κ1) is 20.2. The van der Waals surface area contributed by atoms with Gasteiger partial charge in [0, 0.05) is 34.9 Å². The van der Waals surface area contributed by atoms with E-state index >= 15 is 0 Å². The third-order valence-electron chi connectivity index (χ3n) is 1.88. The highest BCUT2D eigenvalue weighted by atomic mass is 16.7. The molecule has 0 rings (SSSR count). The molecule has 0 heterocycles. The van der Waals surface area contributed by atoms with Crippen LogP contribution in [0.4, 0.5) is 0 Å². The lowest BCUT2D eigenvalue weighted by Gasteiger charge is -2.09. The van der Waals surface area contributed by atoms with Crippen molar-refractivity contribution in [2.24, 2.45) is 0 Å². The summed E-state index contributed by atoms with van der Waals surface area (Å²) in [6, 6.07) is 0. The van der Waals surface area contributed by atoms with Crippen LogP contribution in [0.15, 0.2) is 12.7 Å². The second-order valence-corrected chi connectivity index (χ2v) is 3.19. The molecule has 0 aromatic carbocycles. The Morgan fingerprint density at radius 2 is 1.37 bits per heavy atom. The van der Waals surface area contributed by atoms with E-state index in [1.165, 1.54) is 34.5 Å². The summed E-state index contributed by atoms with van der Waals surface area (Å²) in [4.78, 5) is 21.4. The van der Waals surface area contributed by atoms with Gasteiger partial charge < -0.3 is 24.1 Å². The van der Waals surface area contributed by atoms with Gasteiger partial charge in [-0.05, 0) is 0 Å². The molecule has 0 aromatic heterocycles. The molecule has 7 nitrogen and oxygen atoms in total. The Morgan fingerprint density at radius 1 is 1.00 bits per heavy atom. The van der Waals surface area contributed by atoms with Crippen molar-refractivity contribution < 1.29 is 33.6 Å². The van der Waals surface area contributed by atoms with Gasteiger partial charge in [0.25, 0.3) is 0 Å². The van der Waals surface area contributed by atoms with E-state index in [0.717, 1.165) is 0 Å². The Labute approximate surface area is 113 Å². The number of carbonyl (C=O) groups is 2. The van der Waals surface area contributed by atoms with Crippen LogP contribution in [-0.4, -0.2) is 64.3 Å². The molecule has 0 fully saturated rings. The van der Waals surface area contributed by atoms with Gasteiger partial charge >= 0.3 is 0 Å². The van der Waals surface area contributed by atoms with Crippen LogP contribution in [0, 0.1) is 0 Å². The molecule has 0 atom stereocenters. The smallest absolute Gasteiger partial charge is 0.219 e. The number of methoxy groups -OCH3 is 4. The third kappa shape index (κ3) is 9.46. The largest absolute Gasteiger partial charge is 0.388 e. The number of aliphatic hydroxyl groups is 1. The molecule has 1 N–H and O–H groups in total. The molecule has 0 aromatic rings. The Morgan fingerprint density at radius 3 is 1.58 bits per heavy atom. The highest BCUT2D eigenvalue weighted by Gasteiger charge is 2.14. The maximum atomic E-state index is 10.9. The fraction of sp³-hybridized carbons (Fsp3) is 0.667. The predicted molar refractivity (Wildman–Crippen MR) is 67.5 cm³/mol. The van der Waals surface area contributed by atoms with Crippen LogP contribution in [0.1, 0.15) is 6.42 Å². The molecule has 7 heteroatoms. The molecule has 0 unspecified atom stereocenters. The number of carbonyl (C=O) groups excluding carboxylic acids is 2. The van der Waals surface area contributed by atoms with E-state index in [2.05, 4.69) is 16.1 Å². The van der Waals surface area contributed by atoms with Gasteiger partial charge in [0.05, 0.1) is 0 Å². The first-order valence-electron chi connectivity index (χ1n) is 5.40. The lowest BCUT2D eigenvalue weighted by molar-refractivity contribution is -0.159. The van der Waals surface area contributed by atoms with Crippen molar-refractivity contribution in [3.05, 3.63) is 12.7 Å². The number of allylic oxidation sites excluding steroid dienone is 1. The van der Waals surface area contributed by atoms with Gasteiger partial charge in [-0.3, -0.25) is 9.59 Å². The molecule has 19 heavy (non-hydrogen) atoms. The van der Waals surface area contributed by atoms with Crippen molar-refractivity contribution in [3.63, 3.8) is 0 Å². The number of rotatable bonds is 9. The molecular weight excluding hydrogens is 256 g/mol. The van der Waals surface area contributed by atoms with Gasteiger partial charge in [-0.2, -0.15) is 0 Å². The Balaban J connectivity index is 0. The second-order valence-electron chi connectivity index (χ2n) is 3.19. The van der Waals surface area contributed by atoms with Crippen molar-refractivity contribution in [2.45, 2.75) is 19.0 Å². The van der Waals surface area contributed by atoms with E-state index in [1.54, 1.807) is 0 Å². The fourth-order valence-electron chi connectivity index (χ4n) is 1.03. The Hall–Kier alpha value is -1.12. The van der Waals surface area contributed by atoms with Gasteiger partial charge in [-0.25, -0.2) is 0 Å². The van der Waals surface area contributed by atoms with Gasteiger partial charge in [0.15, 0.2) is 5.78 Å². The predicted octanol–water partition coefficient (Wildman–Crippen LogP) is -0.0828. The van der Waals surface area contributed by atoms with Gasteiger partial charge in [-0.15, -0.1) is 6.58 Å². The lowest BCUT2D eigenvalue weighted by atomic mass is 10.3. The van der Waals surface area contributed by atoms with E-state index in [-0.39, 0.29) is 12.2 Å². The second kappa shape index (κ2) is 13.3. The van der Waals surface area contributed by atoms with Crippen molar-refractivity contribution in [3.8, 4) is 0 Å². The molecule has 0 bridgehead atoms. The van der Waals surface area contributed by atoms with Crippen molar-refractivity contribution in [2.75, 3.05) is 35.0 Å². The molecule has 0 amide bonds. The summed E-state index contributed by atoms with van der Waals surface area (Å²) < 4.78 is 18.4. The van der Waals surface area contributed by atoms with Crippen molar-refractivity contribution in [1.82, 2.24) is 0 Å². The average molecular weight is 278 g/mol. The van der Waals surface area contributed by atoms with Gasteiger partial charge in [0.1, 0.15) is 6.61 Å². The standard InChI is InChI=1S/C7H12O3.C5H10O4/c1-4-5-6(8)7(9-2)10-3;1-8-5(9-2)4(7)3-6/h4,7H,1,5H2,2-3H3;5-6H,3H2,1-2H3. The Bertz CT molecular complexity index is 257. The quantitative estimate of drug-likeness (QED) is 0.466. The third-order valence-corrected chi connectivity index (χ3v) is 1.88. The van der Waals surface area contributed by atoms with Crippen LogP contribution < -0.4 is 0 Å². The van der Waals surface area contributed by atoms with E-state index in [9.17, 15) is 9.59 Å². The molecule has 0 aliphatic rings.